The van der Waals surface area contributed by atoms with E-state index < -0.39 is 0 Å². The maximum atomic E-state index is 12.4. The first-order valence-corrected chi connectivity index (χ1v) is 7.05. The van der Waals surface area contributed by atoms with Gasteiger partial charge in [0.25, 0.3) is 5.91 Å². The number of amides is 1. The Balaban J connectivity index is 1.64. The highest BCUT2D eigenvalue weighted by Crippen LogP contribution is 2.40. The fourth-order valence-corrected chi connectivity index (χ4v) is 3.20. The summed E-state index contributed by atoms with van der Waals surface area (Å²) in [5, 5.41) is 0. The molecule has 5 heteroatoms. The molecule has 0 aliphatic carbocycles. The van der Waals surface area contributed by atoms with E-state index in [4.69, 9.17) is 4.74 Å². The number of imidazole rings is 1. The predicted molar refractivity (Wildman–Crippen MR) is 70.8 cm³/mol. The Labute approximate surface area is 113 Å². The van der Waals surface area contributed by atoms with Crippen molar-refractivity contribution in [3.8, 4) is 0 Å². The minimum atomic E-state index is 0.0643. The highest BCUT2D eigenvalue weighted by atomic mass is 16.5. The van der Waals surface area contributed by atoms with Crippen LogP contribution in [0, 0.1) is 5.41 Å². The average molecular weight is 263 g/mol. The van der Waals surface area contributed by atoms with Crippen molar-refractivity contribution in [3.05, 3.63) is 18.2 Å². The molecule has 2 saturated heterocycles. The van der Waals surface area contributed by atoms with Crippen LogP contribution in [0.1, 0.15) is 36.3 Å². The van der Waals surface area contributed by atoms with Gasteiger partial charge in [0, 0.05) is 45.7 Å². The molecule has 0 radical (unpaired) electrons. The van der Waals surface area contributed by atoms with E-state index in [9.17, 15) is 4.79 Å². The summed E-state index contributed by atoms with van der Waals surface area (Å²) in [5.41, 5.74) is 0.427. The second kappa shape index (κ2) is 4.96. The number of carbonyl (C=O) groups is 1. The van der Waals surface area contributed by atoms with Crippen LogP contribution in [0.25, 0.3) is 0 Å². The fourth-order valence-electron chi connectivity index (χ4n) is 3.20. The summed E-state index contributed by atoms with van der Waals surface area (Å²) in [6, 6.07) is 0. The number of rotatable bonds is 1. The van der Waals surface area contributed by atoms with Crippen molar-refractivity contribution < 1.29 is 9.53 Å². The summed E-state index contributed by atoms with van der Waals surface area (Å²) in [7, 11) is 1.87. The number of aryl methyl sites for hydroxylation is 1. The molecule has 0 bridgehead atoms. The van der Waals surface area contributed by atoms with E-state index in [1.54, 1.807) is 10.8 Å². The van der Waals surface area contributed by atoms with Gasteiger partial charge in [-0.15, -0.1) is 0 Å². The van der Waals surface area contributed by atoms with Crippen molar-refractivity contribution in [2.24, 2.45) is 12.5 Å². The number of carbonyl (C=O) groups excluding carboxylic acids is 1. The van der Waals surface area contributed by atoms with Crippen LogP contribution in [0.4, 0.5) is 0 Å². The Morgan fingerprint density at radius 2 is 1.95 bits per heavy atom. The van der Waals surface area contributed by atoms with Gasteiger partial charge in [-0.1, -0.05) is 0 Å². The first-order chi connectivity index (χ1) is 9.20. The largest absolute Gasteiger partial charge is 0.381 e. The minimum Gasteiger partial charge on any atom is -0.381 e. The fraction of sp³-hybridized carbons (Fsp3) is 0.714. The van der Waals surface area contributed by atoms with Crippen molar-refractivity contribution in [2.45, 2.75) is 25.7 Å². The van der Waals surface area contributed by atoms with Crippen LogP contribution < -0.4 is 0 Å². The van der Waals surface area contributed by atoms with E-state index in [2.05, 4.69) is 4.98 Å². The van der Waals surface area contributed by atoms with E-state index in [-0.39, 0.29) is 5.91 Å². The van der Waals surface area contributed by atoms with Crippen LogP contribution >= 0.6 is 0 Å². The Morgan fingerprint density at radius 3 is 2.53 bits per heavy atom. The molecule has 1 aromatic rings. The third-order valence-corrected chi connectivity index (χ3v) is 4.68. The smallest absolute Gasteiger partial charge is 0.289 e. The lowest BCUT2D eigenvalue weighted by atomic mass is 9.72. The van der Waals surface area contributed by atoms with Crippen molar-refractivity contribution in [3.63, 3.8) is 0 Å². The second-order valence-electron chi connectivity index (χ2n) is 5.77. The topological polar surface area (TPSA) is 47.4 Å². The van der Waals surface area contributed by atoms with Gasteiger partial charge in [-0.25, -0.2) is 4.98 Å². The summed E-state index contributed by atoms with van der Waals surface area (Å²) in [4.78, 5) is 18.5. The molecule has 3 rings (SSSR count). The molecule has 3 heterocycles. The highest BCUT2D eigenvalue weighted by Gasteiger charge is 2.37. The van der Waals surface area contributed by atoms with Gasteiger partial charge in [0.2, 0.25) is 0 Å². The first-order valence-electron chi connectivity index (χ1n) is 7.05. The quantitative estimate of drug-likeness (QED) is 0.770. The first kappa shape index (κ1) is 12.7. The lowest BCUT2D eigenvalue weighted by Crippen LogP contribution is -2.45. The molecule has 0 unspecified atom stereocenters. The van der Waals surface area contributed by atoms with Crippen molar-refractivity contribution in [1.29, 1.82) is 0 Å². The van der Waals surface area contributed by atoms with E-state index in [1.165, 1.54) is 0 Å². The second-order valence-corrected chi connectivity index (χ2v) is 5.77. The van der Waals surface area contributed by atoms with Crippen molar-refractivity contribution in [1.82, 2.24) is 14.5 Å². The summed E-state index contributed by atoms with van der Waals surface area (Å²) < 4.78 is 7.24. The van der Waals surface area contributed by atoms with Gasteiger partial charge in [-0.05, 0) is 31.1 Å². The molecule has 104 valence electrons. The molecular weight excluding hydrogens is 242 g/mol. The zero-order valence-corrected chi connectivity index (χ0v) is 11.5. The van der Waals surface area contributed by atoms with Crippen LogP contribution in [0.15, 0.2) is 12.4 Å². The van der Waals surface area contributed by atoms with Gasteiger partial charge in [-0.3, -0.25) is 4.79 Å². The number of likely N-dealkylation sites (tertiary alicyclic amines) is 1. The van der Waals surface area contributed by atoms with E-state index in [1.807, 2.05) is 18.1 Å². The van der Waals surface area contributed by atoms with Crippen LogP contribution in [0.5, 0.6) is 0 Å². The Kier molecular flexibility index (Phi) is 3.31. The Morgan fingerprint density at radius 1 is 1.26 bits per heavy atom. The van der Waals surface area contributed by atoms with Crippen molar-refractivity contribution in [2.75, 3.05) is 26.3 Å². The van der Waals surface area contributed by atoms with Gasteiger partial charge < -0.3 is 14.2 Å². The highest BCUT2D eigenvalue weighted by molar-refractivity contribution is 5.90. The van der Waals surface area contributed by atoms with Crippen LogP contribution in [-0.4, -0.2) is 46.7 Å². The monoisotopic (exact) mass is 263 g/mol. The molecule has 0 atom stereocenters. The lowest BCUT2D eigenvalue weighted by molar-refractivity contribution is -0.0177. The van der Waals surface area contributed by atoms with Crippen LogP contribution in [0.2, 0.25) is 0 Å². The summed E-state index contributed by atoms with van der Waals surface area (Å²) in [6.45, 7) is 3.47. The molecule has 0 saturated carbocycles. The summed E-state index contributed by atoms with van der Waals surface area (Å²) in [5.74, 6) is 0.609. The summed E-state index contributed by atoms with van der Waals surface area (Å²) >= 11 is 0. The van der Waals surface area contributed by atoms with E-state index in [0.717, 1.165) is 52.0 Å². The minimum absolute atomic E-state index is 0.0643. The van der Waals surface area contributed by atoms with Gasteiger partial charge in [0.05, 0.1) is 0 Å². The molecule has 0 N–H and O–H groups in total. The van der Waals surface area contributed by atoms with Gasteiger partial charge >= 0.3 is 0 Å². The molecule has 1 spiro atoms. The Hall–Kier alpha value is -1.36. The average Bonchev–Trinajstić information content (AvgIpc) is 2.86. The Bertz CT molecular complexity index is 453. The predicted octanol–water partition coefficient (Wildman–Crippen LogP) is 1.45. The SMILES string of the molecule is Cn1ccnc1C(=O)N1CCC2(CCOCC2)CC1. The number of hydrogen-bond donors (Lipinski definition) is 0. The van der Waals surface area contributed by atoms with Gasteiger partial charge in [-0.2, -0.15) is 0 Å². The third kappa shape index (κ3) is 2.39. The van der Waals surface area contributed by atoms with Gasteiger partial charge in [0.1, 0.15) is 0 Å². The number of nitrogens with zero attached hydrogens (tertiary/aromatic N) is 3. The zero-order valence-electron chi connectivity index (χ0n) is 11.5. The zero-order chi connectivity index (χ0) is 13.3. The number of ether oxygens (including phenoxy) is 1. The molecule has 1 amide bonds. The maximum Gasteiger partial charge on any atom is 0.289 e. The van der Waals surface area contributed by atoms with Gasteiger partial charge in [0.15, 0.2) is 5.82 Å². The molecule has 2 fully saturated rings. The lowest BCUT2D eigenvalue weighted by Gasteiger charge is -2.43. The molecule has 1 aromatic heterocycles. The molecule has 19 heavy (non-hydrogen) atoms. The van der Waals surface area contributed by atoms with E-state index in [0.29, 0.717) is 11.2 Å². The molecule has 2 aliphatic heterocycles. The van der Waals surface area contributed by atoms with Crippen molar-refractivity contribution >= 4 is 5.91 Å². The van der Waals surface area contributed by atoms with Crippen LogP contribution in [-0.2, 0) is 11.8 Å². The number of piperidine rings is 1. The molecule has 5 nitrogen and oxygen atoms in total. The normalized spacial score (nSPS) is 22.7. The maximum absolute atomic E-state index is 12.4. The number of aromatic nitrogens is 2. The molecule has 0 aromatic carbocycles. The van der Waals surface area contributed by atoms with E-state index >= 15 is 0 Å². The summed E-state index contributed by atoms with van der Waals surface area (Å²) in [6.07, 6.45) is 8.00. The standard InChI is InChI=1S/C14H21N3O2/c1-16-9-6-15-12(16)13(18)17-7-2-14(3-8-17)4-10-19-11-5-14/h6,9H,2-5,7-8,10-11H2,1H3. The molecule has 2 aliphatic rings. The third-order valence-electron chi connectivity index (χ3n) is 4.68. The number of hydrogen-bond acceptors (Lipinski definition) is 3. The van der Waals surface area contributed by atoms with Crippen LogP contribution in [0.3, 0.4) is 0 Å². The molecular formula is C14H21N3O2.